The minimum Gasteiger partial charge on any atom is -0.504 e. The van der Waals surface area contributed by atoms with Crippen molar-refractivity contribution in [1.29, 1.82) is 0 Å². The largest absolute Gasteiger partial charge is 0.504 e. The third kappa shape index (κ3) is 2.75. The van der Waals surface area contributed by atoms with Gasteiger partial charge in [0.1, 0.15) is 0 Å². The zero-order valence-electron chi connectivity index (χ0n) is 8.43. The highest BCUT2D eigenvalue weighted by molar-refractivity contribution is 5.23. The van der Waals surface area contributed by atoms with Crippen LogP contribution in [-0.2, 0) is 9.47 Å². The topological polar surface area (TPSA) is 58.9 Å². The van der Waals surface area contributed by atoms with Crippen molar-refractivity contribution >= 4 is 0 Å². The van der Waals surface area contributed by atoms with Crippen LogP contribution in [-0.4, -0.2) is 36.1 Å². The van der Waals surface area contributed by atoms with Crippen molar-refractivity contribution in [3.8, 4) is 0 Å². The van der Waals surface area contributed by atoms with Crippen molar-refractivity contribution in [2.75, 3.05) is 13.7 Å². The van der Waals surface area contributed by atoms with Gasteiger partial charge in [-0.2, -0.15) is 0 Å². The normalized spacial score (nSPS) is 27.6. The molecule has 0 fully saturated rings. The van der Waals surface area contributed by atoms with Gasteiger partial charge >= 0.3 is 0 Å². The van der Waals surface area contributed by atoms with Gasteiger partial charge in [-0.3, -0.25) is 0 Å². The van der Waals surface area contributed by atoms with E-state index >= 15 is 0 Å². The summed E-state index contributed by atoms with van der Waals surface area (Å²) in [6, 6.07) is 0. The van der Waals surface area contributed by atoms with Crippen LogP contribution in [0.3, 0.4) is 0 Å². The molecule has 1 rings (SSSR count). The molecule has 4 heteroatoms. The minimum absolute atomic E-state index is 0.0473. The Kier molecular flexibility index (Phi) is 3.98. The molecule has 4 nitrogen and oxygen atoms in total. The molecule has 0 spiro atoms. The molecule has 2 unspecified atom stereocenters. The first kappa shape index (κ1) is 11.1. The number of hydrogen-bond acceptors (Lipinski definition) is 4. The summed E-state index contributed by atoms with van der Waals surface area (Å²) in [5.41, 5.74) is 0. The van der Waals surface area contributed by atoms with Crippen LogP contribution in [0.1, 0.15) is 13.3 Å². The lowest BCUT2D eigenvalue weighted by Gasteiger charge is -2.14. The van der Waals surface area contributed by atoms with Crippen LogP contribution in [0.15, 0.2) is 23.7 Å². The number of aliphatic hydroxyl groups is 2. The summed E-state index contributed by atoms with van der Waals surface area (Å²) < 4.78 is 10.5. The standard InChI is InChI=1S/C10H16O4/c1-7-5-9(12)10(13-2)6-8(14-7)3-4-11/h5-8,11-12H,3-4H2,1-2H3. The predicted octanol–water partition coefficient (Wildman–Crippen LogP) is 1.13. The van der Waals surface area contributed by atoms with Crippen LogP contribution in [0, 0.1) is 0 Å². The van der Waals surface area contributed by atoms with E-state index in [4.69, 9.17) is 14.6 Å². The van der Waals surface area contributed by atoms with Gasteiger partial charge in [-0.25, -0.2) is 0 Å². The van der Waals surface area contributed by atoms with E-state index in [0.29, 0.717) is 12.2 Å². The second kappa shape index (κ2) is 5.02. The van der Waals surface area contributed by atoms with Crippen molar-refractivity contribution < 1.29 is 19.7 Å². The van der Waals surface area contributed by atoms with E-state index in [0.717, 1.165) is 0 Å². The predicted molar refractivity (Wildman–Crippen MR) is 51.8 cm³/mol. The van der Waals surface area contributed by atoms with E-state index < -0.39 is 0 Å². The first-order valence-electron chi connectivity index (χ1n) is 4.60. The van der Waals surface area contributed by atoms with Crippen LogP contribution in [0.25, 0.3) is 0 Å². The minimum atomic E-state index is -0.217. The fourth-order valence-electron chi connectivity index (χ4n) is 1.36. The smallest absolute Gasteiger partial charge is 0.158 e. The number of aliphatic hydroxyl groups excluding tert-OH is 2. The first-order chi connectivity index (χ1) is 6.67. The highest BCUT2D eigenvalue weighted by atomic mass is 16.5. The molecular formula is C10H16O4. The highest BCUT2D eigenvalue weighted by Gasteiger charge is 2.18. The molecule has 0 amide bonds. The summed E-state index contributed by atoms with van der Waals surface area (Å²) in [4.78, 5) is 0. The molecule has 0 saturated heterocycles. The van der Waals surface area contributed by atoms with Crippen molar-refractivity contribution in [3.05, 3.63) is 23.7 Å². The maximum Gasteiger partial charge on any atom is 0.158 e. The Morgan fingerprint density at radius 1 is 1.50 bits per heavy atom. The second-order valence-corrected chi connectivity index (χ2v) is 3.18. The van der Waals surface area contributed by atoms with Gasteiger partial charge in [-0.15, -0.1) is 0 Å². The number of ether oxygens (including phenoxy) is 2. The van der Waals surface area contributed by atoms with Crippen molar-refractivity contribution in [2.24, 2.45) is 0 Å². The third-order valence-electron chi connectivity index (χ3n) is 2.01. The lowest BCUT2D eigenvalue weighted by atomic mass is 10.2. The van der Waals surface area contributed by atoms with Gasteiger partial charge in [0.15, 0.2) is 11.5 Å². The maximum atomic E-state index is 9.53. The Morgan fingerprint density at radius 2 is 2.21 bits per heavy atom. The highest BCUT2D eigenvalue weighted by Crippen LogP contribution is 2.18. The van der Waals surface area contributed by atoms with Crippen LogP contribution >= 0.6 is 0 Å². The Balaban J connectivity index is 2.80. The monoisotopic (exact) mass is 200 g/mol. The molecule has 2 atom stereocenters. The summed E-state index contributed by atoms with van der Waals surface area (Å²) in [5, 5.41) is 18.3. The molecular weight excluding hydrogens is 184 g/mol. The first-order valence-corrected chi connectivity index (χ1v) is 4.60. The van der Waals surface area contributed by atoms with Crippen LogP contribution in [0.5, 0.6) is 0 Å². The van der Waals surface area contributed by atoms with Crippen molar-refractivity contribution in [3.63, 3.8) is 0 Å². The number of methoxy groups -OCH3 is 1. The Bertz CT molecular complexity index is 245. The number of rotatable bonds is 3. The van der Waals surface area contributed by atoms with Gasteiger partial charge in [0.25, 0.3) is 0 Å². The molecule has 0 saturated carbocycles. The van der Waals surface area contributed by atoms with Crippen LogP contribution < -0.4 is 0 Å². The molecule has 1 aliphatic heterocycles. The summed E-state index contributed by atoms with van der Waals surface area (Å²) in [6.45, 7) is 1.87. The summed E-state index contributed by atoms with van der Waals surface area (Å²) >= 11 is 0. The Morgan fingerprint density at radius 3 is 2.79 bits per heavy atom. The van der Waals surface area contributed by atoms with Crippen molar-refractivity contribution in [1.82, 2.24) is 0 Å². The molecule has 0 aromatic carbocycles. The average molecular weight is 200 g/mol. The quantitative estimate of drug-likeness (QED) is 0.717. The van der Waals surface area contributed by atoms with E-state index in [-0.39, 0.29) is 24.6 Å². The second-order valence-electron chi connectivity index (χ2n) is 3.18. The number of hydrogen-bond donors (Lipinski definition) is 2. The lowest BCUT2D eigenvalue weighted by molar-refractivity contribution is 0.0369. The van der Waals surface area contributed by atoms with E-state index in [1.807, 2.05) is 6.92 Å². The molecule has 0 bridgehead atoms. The van der Waals surface area contributed by atoms with Crippen molar-refractivity contribution in [2.45, 2.75) is 25.6 Å². The molecule has 2 N–H and O–H groups in total. The molecule has 80 valence electrons. The molecule has 0 radical (unpaired) electrons. The molecule has 1 aliphatic rings. The fraction of sp³-hybridized carbons (Fsp3) is 0.600. The zero-order chi connectivity index (χ0) is 10.6. The van der Waals surface area contributed by atoms with E-state index in [2.05, 4.69) is 0 Å². The maximum absolute atomic E-state index is 9.53. The zero-order valence-corrected chi connectivity index (χ0v) is 8.43. The van der Waals surface area contributed by atoms with Gasteiger partial charge in [0.05, 0.1) is 19.3 Å². The van der Waals surface area contributed by atoms with E-state index in [1.54, 1.807) is 12.2 Å². The van der Waals surface area contributed by atoms with E-state index in [1.165, 1.54) is 7.11 Å². The average Bonchev–Trinajstić information content (AvgIpc) is 2.25. The molecule has 1 heterocycles. The van der Waals surface area contributed by atoms with E-state index in [9.17, 15) is 5.11 Å². The summed E-state index contributed by atoms with van der Waals surface area (Å²) in [5.74, 6) is 0.480. The van der Waals surface area contributed by atoms with Gasteiger partial charge in [0, 0.05) is 13.0 Å². The van der Waals surface area contributed by atoms with Gasteiger partial charge in [0.2, 0.25) is 0 Å². The lowest BCUT2D eigenvalue weighted by Crippen LogP contribution is -2.16. The summed E-state index contributed by atoms with van der Waals surface area (Å²) in [6.07, 6.45) is 3.35. The molecule has 0 aliphatic carbocycles. The van der Waals surface area contributed by atoms with Gasteiger partial charge in [-0.1, -0.05) is 0 Å². The van der Waals surface area contributed by atoms with Crippen LogP contribution in [0.2, 0.25) is 0 Å². The molecule has 0 aromatic heterocycles. The molecule has 14 heavy (non-hydrogen) atoms. The van der Waals surface area contributed by atoms with Crippen LogP contribution in [0.4, 0.5) is 0 Å². The fourth-order valence-corrected chi connectivity index (χ4v) is 1.36. The Labute approximate surface area is 83.5 Å². The summed E-state index contributed by atoms with van der Waals surface area (Å²) in [7, 11) is 1.49. The Hall–Kier alpha value is -1.00. The SMILES string of the molecule is COC1=CC(CCO)OC(C)C=C1O. The third-order valence-corrected chi connectivity index (χ3v) is 2.01. The van der Waals surface area contributed by atoms with Gasteiger partial charge in [-0.05, 0) is 19.1 Å². The molecule has 0 aromatic rings. The van der Waals surface area contributed by atoms with Gasteiger partial charge < -0.3 is 19.7 Å².